The van der Waals surface area contributed by atoms with Gasteiger partial charge in [-0.2, -0.15) is 0 Å². The maximum atomic E-state index is 12.2. The number of aromatic hydroxyl groups is 1. The van der Waals surface area contributed by atoms with Gasteiger partial charge in [-0.3, -0.25) is 0 Å². The number of fused-ring (bicyclic) bond motifs is 3. The smallest absolute Gasteiger partial charge is 0.362 e. The van der Waals surface area contributed by atoms with Gasteiger partial charge in [0.25, 0.3) is 0 Å². The lowest BCUT2D eigenvalue weighted by Gasteiger charge is -2.05. The largest absolute Gasteiger partial charge is 0.512 e. The summed E-state index contributed by atoms with van der Waals surface area (Å²) < 4.78 is 10.1. The van der Waals surface area contributed by atoms with Crippen molar-refractivity contribution in [2.24, 2.45) is 4.99 Å². The molecule has 0 atom stereocenters. The van der Waals surface area contributed by atoms with Crippen molar-refractivity contribution in [3.8, 4) is 5.75 Å². The predicted molar refractivity (Wildman–Crippen MR) is 102 cm³/mol. The number of carbonyl (C=O) groups excluding carboxylic acids is 1. The van der Waals surface area contributed by atoms with Crippen LogP contribution in [-0.4, -0.2) is 29.0 Å². The van der Waals surface area contributed by atoms with Crippen LogP contribution in [0.15, 0.2) is 61.9 Å². The number of allylic oxidation sites excluding steroid dienone is 1. The van der Waals surface area contributed by atoms with Gasteiger partial charge in [0.1, 0.15) is 28.4 Å². The summed E-state index contributed by atoms with van der Waals surface area (Å²) in [6, 6.07) is 9.81. The number of rotatable bonds is 4. The zero-order valence-electron chi connectivity index (χ0n) is 14.7. The van der Waals surface area contributed by atoms with E-state index in [0.29, 0.717) is 16.4 Å². The first-order chi connectivity index (χ1) is 12.9. The average molecular weight is 367 g/mol. The molecule has 0 saturated carbocycles. The molecule has 0 unspecified atom stereocenters. The maximum absolute atomic E-state index is 12.2. The highest BCUT2D eigenvalue weighted by Gasteiger charge is 2.13. The number of phenolic OH excluding ortho intramolecular Hbond substituents is 1. The number of carbonyl (C=O) groups is 1. The minimum Gasteiger partial charge on any atom is -0.512 e. The Kier molecular flexibility index (Phi) is 4.94. The van der Waals surface area contributed by atoms with Gasteiger partial charge in [0.05, 0.1) is 6.61 Å². The molecule has 0 spiro atoms. The van der Waals surface area contributed by atoms with Crippen LogP contribution in [0.3, 0.4) is 0 Å². The molecule has 0 bridgehead atoms. The summed E-state index contributed by atoms with van der Waals surface area (Å²) in [6.45, 7) is 3.09. The topological polar surface area (TPSA) is 109 Å². The van der Waals surface area contributed by atoms with Crippen LogP contribution in [0, 0.1) is 0 Å². The minimum atomic E-state index is -0.748. The first-order valence-corrected chi connectivity index (χ1v) is 8.21. The van der Waals surface area contributed by atoms with Crippen LogP contribution in [0.1, 0.15) is 13.8 Å². The first kappa shape index (κ1) is 18.2. The zero-order chi connectivity index (χ0) is 19.6. The fraction of sp³-hybridized carbons (Fsp3) is 0.150. The Bertz CT molecular complexity index is 1150. The highest BCUT2D eigenvalue weighted by atomic mass is 16.5. The van der Waals surface area contributed by atoms with Crippen LogP contribution in [-0.2, 0) is 9.53 Å². The Balaban J connectivity index is 2.14. The number of aliphatic hydroxyl groups excluding tert-OH is 1. The van der Waals surface area contributed by atoms with E-state index in [1.165, 1.54) is 13.0 Å². The van der Waals surface area contributed by atoms with Crippen LogP contribution in [0.4, 0.5) is 5.69 Å². The lowest BCUT2D eigenvalue weighted by molar-refractivity contribution is -0.138. The third-order valence-electron chi connectivity index (χ3n) is 3.92. The van der Waals surface area contributed by atoms with Crippen LogP contribution < -0.4 is 5.63 Å². The number of ether oxygens (including phenoxy) is 1. The van der Waals surface area contributed by atoms with Gasteiger partial charge in [-0.1, -0.05) is 12.1 Å². The van der Waals surface area contributed by atoms with E-state index in [2.05, 4.69) is 4.99 Å². The summed E-state index contributed by atoms with van der Waals surface area (Å²) >= 11 is 0. The molecule has 3 aromatic rings. The van der Waals surface area contributed by atoms with Crippen molar-refractivity contribution in [1.29, 1.82) is 0 Å². The first-order valence-electron chi connectivity index (χ1n) is 8.21. The van der Waals surface area contributed by atoms with E-state index in [1.807, 2.05) is 0 Å². The van der Waals surface area contributed by atoms with E-state index < -0.39 is 11.6 Å². The summed E-state index contributed by atoms with van der Waals surface area (Å²) in [5.74, 6) is -0.950. The Morgan fingerprint density at radius 2 is 1.96 bits per heavy atom. The molecule has 1 heterocycles. The standard InChI is InChI=1S/C20H17NO6/c1-3-26-19(24)16(11(2)22)10-21-17-9-15-14-8-13(23)6-4-12(14)5-7-18(15)27-20(17)25/h4-10,22-23H,3H2,1-2H3/b16-11+,21-10?. The van der Waals surface area contributed by atoms with E-state index in [-0.39, 0.29) is 29.4 Å². The van der Waals surface area contributed by atoms with Crippen LogP contribution in [0.2, 0.25) is 0 Å². The number of nitrogens with zero attached hydrogens (tertiary/aromatic N) is 1. The number of aliphatic imine (C=N–C) groups is 1. The predicted octanol–water partition coefficient (Wildman–Crippen LogP) is 3.75. The molecule has 7 nitrogen and oxygen atoms in total. The van der Waals surface area contributed by atoms with Gasteiger partial charge in [-0.25, -0.2) is 14.6 Å². The number of hydrogen-bond acceptors (Lipinski definition) is 7. The zero-order valence-corrected chi connectivity index (χ0v) is 14.7. The van der Waals surface area contributed by atoms with Gasteiger partial charge in [0, 0.05) is 11.6 Å². The van der Waals surface area contributed by atoms with Crippen molar-refractivity contribution >= 4 is 39.6 Å². The second-order valence-electron chi connectivity index (χ2n) is 5.78. The highest BCUT2D eigenvalue weighted by molar-refractivity contribution is 6.11. The summed E-state index contributed by atoms with van der Waals surface area (Å²) in [6.07, 6.45) is 1.06. The summed E-state index contributed by atoms with van der Waals surface area (Å²) in [5, 5.41) is 21.5. The fourth-order valence-corrected chi connectivity index (χ4v) is 2.62. The quantitative estimate of drug-likeness (QED) is 0.181. The van der Waals surface area contributed by atoms with Crippen LogP contribution in [0.5, 0.6) is 5.75 Å². The molecule has 2 N–H and O–H groups in total. The maximum Gasteiger partial charge on any atom is 0.362 e. The normalized spacial score (nSPS) is 12.5. The second kappa shape index (κ2) is 7.33. The van der Waals surface area contributed by atoms with Gasteiger partial charge >= 0.3 is 11.6 Å². The Hall–Kier alpha value is -3.61. The third kappa shape index (κ3) is 3.67. The molecule has 7 heteroatoms. The summed E-state index contributed by atoms with van der Waals surface area (Å²) in [5.41, 5.74) is -0.568. The van der Waals surface area contributed by atoms with Gasteiger partial charge in [0.2, 0.25) is 0 Å². The number of aliphatic hydroxyl groups is 1. The van der Waals surface area contributed by atoms with E-state index in [0.717, 1.165) is 11.6 Å². The number of esters is 1. The monoisotopic (exact) mass is 367 g/mol. The highest BCUT2D eigenvalue weighted by Crippen LogP contribution is 2.29. The molecule has 0 aliphatic rings. The molecule has 0 fully saturated rings. The molecule has 0 radical (unpaired) electrons. The number of hydrogen-bond donors (Lipinski definition) is 2. The molecule has 0 amide bonds. The van der Waals surface area contributed by atoms with E-state index in [9.17, 15) is 19.8 Å². The van der Waals surface area contributed by atoms with E-state index >= 15 is 0 Å². The van der Waals surface area contributed by atoms with Gasteiger partial charge < -0.3 is 19.4 Å². The average Bonchev–Trinajstić information content (AvgIpc) is 2.62. The number of benzene rings is 2. The molecule has 2 aromatic carbocycles. The van der Waals surface area contributed by atoms with Crippen LogP contribution in [0.25, 0.3) is 21.7 Å². The molecule has 0 saturated heterocycles. The lowest BCUT2D eigenvalue weighted by atomic mass is 10.1. The van der Waals surface area contributed by atoms with Crippen molar-refractivity contribution in [3.05, 3.63) is 58.2 Å². The molecular formula is C20H17NO6. The van der Waals surface area contributed by atoms with Crippen molar-refractivity contribution < 1.29 is 24.2 Å². The van der Waals surface area contributed by atoms with Gasteiger partial charge in [-0.15, -0.1) is 0 Å². The Morgan fingerprint density at radius 3 is 2.67 bits per heavy atom. The van der Waals surface area contributed by atoms with Crippen molar-refractivity contribution in [2.45, 2.75) is 13.8 Å². The number of phenols is 1. The second-order valence-corrected chi connectivity index (χ2v) is 5.78. The lowest BCUT2D eigenvalue weighted by Crippen LogP contribution is -2.11. The van der Waals surface area contributed by atoms with Crippen molar-refractivity contribution in [1.82, 2.24) is 0 Å². The van der Waals surface area contributed by atoms with E-state index in [4.69, 9.17) is 9.15 Å². The Morgan fingerprint density at radius 1 is 1.22 bits per heavy atom. The fourth-order valence-electron chi connectivity index (χ4n) is 2.62. The summed E-state index contributed by atoms with van der Waals surface area (Å²) in [4.78, 5) is 28.0. The molecule has 27 heavy (non-hydrogen) atoms. The Labute approximate surface area is 153 Å². The molecule has 138 valence electrons. The molecule has 0 aliphatic carbocycles. The molecule has 3 rings (SSSR count). The minimum absolute atomic E-state index is 0.0543. The third-order valence-corrected chi connectivity index (χ3v) is 3.92. The van der Waals surface area contributed by atoms with E-state index in [1.54, 1.807) is 37.3 Å². The molecular weight excluding hydrogens is 350 g/mol. The van der Waals surface area contributed by atoms with Crippen LogP contribution >= 0.6 is 0 Å². The SMILES string of the molecule is CCOC(=O)/C(C=Nc1cc2c(ccc3ccc(O)cc32)oc1=O)=C(\C)O. The van der Waals surface area contributed by atoms with Gasteiger partial charge in [-0.05, 0) is 48.9 Å². The summed E-state index contributed by atoms with van der Waals surface area (Å²) in [7, 11) is 0. The van der Waals surface area contributed by atoms with Gasteiger partial charge in [0.15, 0.2) is 0 Å². The molecule has 1 aromatic heterocycles. The molecule has 0 aliphatic heterocycles. The van der Waals surface area contributed by atoms with Crippen molar-refractivity contribution in [2.75, 3.05) is 6.61 Å². The van der Waals surface area contributed by atoms with Crippen molar-refractivity contribution in [3.63, 3.8) is 0 Å².